The maximum atomic E-state index is 6.35. The average molecular weight is 391 g/mol. The zero-order chi connectivity index (χ0) is 19.5. The quantitative estimate of drug-likeness (QED) is 0.372. The lowest BCUT2D eigenvalue weighted by atomic mass is 10.2. The molecular weight excluding hydrogens is 368 g/mol. The second-order valence-corrected chi connectivity index (χ2v) is 7.44. The first-order valence-corrected chi connectivity index (χ1v) is 9.95. The maximum absolute atomic E-state index is 6.35. The zero-order valence-corrected chi connectivity index (χ0v) is 16.9. The van der Waals surface area contributed by atoms with Crippen molar-refractivity contribution in [3.63, 3.8) is 0 Å². The van der Waals surface area contributed by atoms with Gasteiger partial charge in [0.2, 0.25) is 0 Å². The molecule has 0 aliphatic rings. The van der Waals surface area contributed by atoms with E-state index in [1.165, 1.54) is 11.1 Å². The minimum atomic E-state index is -0.124. The van der Waals surface area contributed by atoms with Gasteiger partial charge in [0.15, 0.2) is 11.9 Å². The number of aryl methyl sites for hydroxylation is 1. The van der Waals surface area contributed by atoms with Gasteiger partial charge in [0.05, 0.1) is 11.0 Å². The minimum Gasteiger partial charge on any atom is -0.483 e. The van der Waals surface area contributed by atoms with Gasteiger partial charge >= 0.3 is 0 Å². The minimum absolute atomic E-state index is 0.124. The van der Waals surface area contributed by atoms with Crippen LogP contribution in [0.4, 0.5) is 0 Å². The Morgan fingerprint density at radius 3 is 2.54 bits per heavy atom. The average Bonchev–Trinajstić information content (AvgIpc) is 3.06. The summed E-state index contributed by atoms with van der Waals surface area (Å²) < 4.78 is 8.61. The molecule has 1 aromatic heterocycles. The summed E-state index contributed by atoms with van der Waals surface area (Å²) in [5.41, 5.74) is 4.46. The lowest BCUT2D eigenvalue weighted by Gasteiger charge is -2.19. The maximum Gasteiger partial charge on any atom is 0.156 e. The van der Waals surface area contributed by atoms with Gasteiger partial charge in [-0.15, -0.1) is 0 Å². The van der Waals surface area contributed by atoms with E-state index in [9.17, 15) is 0 Å². The molecule has 1 heterocycles. The van der Waals surface area contributed by atoms with E-state index in [-0.39, 0.29) is 6.10 Å². The van der Waals surface area contributed by atoms with E-state index in [4.69, 9.17) is 21.3 Å². The van der Waals surface area contributed by atoms with Crippen LogP contribution in [0.3, 0.4) is 0 Å². The predicted octanol–water partition coefficient (Wildman–Crippen LogP) is 6.58. The van der Waals surface area contributed by atoms with Gasteiger partial charge in [-0.05, 0) is 60.9 Å². The van der Waals surface area contributed by atoms with Gasteiger partial charge in [0, 0.05) is 11.6 Å². The monoisotopic (exact) mass is 390 g/mol. The first-order chi connectivity index (χ1) is 13.6. The van der Waals surface area contributed by atoms with Crippen LogP contribution in [0.25, 0.3) is 11.0 Å². The molecule has 0 bridgehead atoms. The fourth-order valence-corrected chi connectivity index (χ4v) is 3.58. The van der Waals surface area contributed by atoms with Crippen molar-refractivity contribution in [2.75, 3.05) is 0 Å². The molecule has 0 saturated heterocycles. The number of benzene rings is 3. The van der Waals surface area contributed by atoms with Crippen molar-refractivity contribution < 1.29 is 4.74 Å². The van der Waals surface area contributed by atoms with Crippen molar-refractivity contribution in [2.24, 2.45) is 0 Å². The van der Waals surface area contributed by atoms with E-state index >= 15 is 0 Å². The molecule has 0 spiro atoms. The van der Waals surface area contributed by atoms with Gasteiger partial charge in [-0.3, -0.25) is 0 Å². The highest BCUT2D eigenvalue weighted by Crippen LogP contribution is 2.29. The van der Waals surface area contributed by atoms with Crippen LogP contribution in [0.2, 0.25) is 5.02 Å². The SMILES string of the molecule is CCC(Oc1cccc(C)c1)c1nc2ccccc2n1Cc1ccc(Cl)cc1. The summed E-state index contributed by atoms with van der Waals surface area (Å²) in [6, 6.07) is 24.4. The lowest BCUT2D eigenvalue weighted by Crippen LogP contribution is -2.15. The molecule has 1 unspecified atom stereocenters. The number of rotatable bonds is 6. The Morgan fingerprint density at radius 1 is 1.00 bits per heavy atom. The summed E-state index contributed by atoms with van der Waals surface area (Å²) in [4.78, 5) is 4.93. The molecule has 4 aromatic rings. The molecule has 4 heteroatoms. The summed E-state index contributed by atoms with van der Waals surface area (Å²) in [7, 11) is 0. The highest BCUT2D eigenvalue weighted by Gasteiger charge is 2.21. The molecule has 0 radical (unpaired) electrons. The molecule has 0 fully saturated rings. The first kappa shape index (κ1) is 18.6. The Balaban J connectivity index is 1.75. The summed E-state index contributed by atoms with van der Waals surface area (Å²) in [5.74, 6) is 1.82. The summed E-state index contributed by atoms with van der Waals surface area (Å²) >= 11 is 6.06. The van der Waals surface area contributed by atoms with Crippen LogP contribution in [0.1, 0.15) is 36.4 Å². The van der Waals surface area contributed by atoms with E-state index in [0.29, 0.717) is 0 Å². The Labute approximate surface area is 170 Å². The first-order valence-electron chi connectivity index (χ1n) is 9.57. The van der Waals surface area contributed by atoms with E-state index in [2.05, 4.69) is 60.9 Å². The number of aromatic nitrogens is 2. The Hall–Kier alpha value is -2.78. The van der Waals surface area contributed by atoms with E-state index < -0.39 is 0 Å². The number of imidazole rings is 1. The van der Waals surface area contributed by atoms with Crippen molar-refractivity contribution >= 4 is 22.6 Å². The fraction of sp³-hybridized carbons (Fsp3) is 0.208. The third kappa shape index (κ3) is 3.90. The van der Waals surface area contributed by atoms with Gasteiger partial charge in [-0.25, -0.2) is 4.98 Å². The smallest absolute Gasteiger partial charge is 0.156 e. The van der Waals surface area contributed by atoms with Crippen molar-refractivity contribution in [2.45, 2.75) is 32.9 Å². The van der Waals surface area contributed by atoms with Crippen LogP contribution >= 0.6 is 11.6 Å². The molecule has 0 amide bonds. The van der Waals surface area contributed by atoms with E-state index in [1.54, 1.807) is 0 Å². The van der Waals surface area contributed by atoms with Crippen molar-refractivity contribution in [3.8, 4) is 5.75 Å². The van der Waals surface area contributed by atoms with Crippen molar-refractivity contribution in [1.82, 2.24) is 9.55 Å². The lowest BCUT2D eigenvalue weighted by molar-refractivity contribution is 0.187. The number of para-hydroxylation sites is 2. The van der Waals surface area contributed by atoms with Crippen LogP contribution < -0.4 is 4.74 Å². The molecule has 3 nitrogen and oxygen atoms in total. The Kier molecular flexibility index (Phi) is 5.36. The van der Waals surface area contributed by atoms with Gasteiger partial charge in [-0.2, -0.15) is 0 Å². The van der Waals surface area contributed by atoms with Crippen LogP contribution in [-0.2, 0) is 6.54 Å². The highest BCUT2D eigenvalue weighted by atomic mass is 35.5. The topological polar surface area (TPSA) is 27.1 Å². The summed E-state index contributed by atoms with van der Waals surface area (Å²) in [6.45, 7) is 4.93. The predicted molar refractivity (Wildman–Crippen MR) is 115 cm³/mol. The normalized spacial score (nSPS) is 12.2. The van der Waals surface area contributed by atoms with Crippen LogP contribution in [0.5, 0.6) is 5.75 Å². The molecule has 28 heavy (non-hydrogen) atoms. The number of hydrogen-bond acceptors (Lipinski definition) is 2. The van der Waals surface area contributed by atoms with Crippen LogP contribution in [-0.4, -0.2) is 9.55 Å². The molecule has 0 aliphatic heterocycles. The second kappa shape index (κ2) is 8.07. The molecular formula is C24H23ClN2O. The second-order valence-electron chi connectivity index (χ2n) is 7.00. The van der Waals surface area contributed by atoms with E-state index in [0.717, 1.165) is 40.6 Å². The van der Waals surface area contributed by atoms with Crippen molar-refractivity contribution in [1.29, 1.82) is 0 Å². The standard InChI is InChI=1S/C24H23ClN2O/c1-3-23(28-20-8-6-7-17(2)15-20)24-26-21-9-4-5-10-22(21)27(24)16-18-11-13-19(25)14-12-18/h4-15,23H,3,16H2,1-2H3. The van der Waals surface area contributed by atoms with Crippen LogP contribution in [0, 0.1) is 6.92 Å². The molecule has 1 atom stereocenters. The molecule has 0 saturated carbocycles. The van der Waals surface area contributed by atoms with Crippen molar-refractivity contribution in [3.05, 3.63) is 94.8 Å². The van der Waals surface area contributed by atoms with Gasteiger partial charge in [0.1, 0.15) is 5.75 Å². The summed E-state index contributed by atoms with van der Waals surface area (Å²) in [5, 5.41) is 0.744. The highest BCUT2D eigenvalue weighted by molar-refractivity contribution is 6.30. The zero-order valence-electron chi connectivity index (χ0n) is 16.1. The molecule has 4 rings (SSSR count). The molecule has 142 valence electrons. The number of fused-ring (bicyclic) bond motifs is 1. The largest absolute Gasteiger partial charge is 0.483 e. The number of hydrogen-bond donors (Lipinski definition) is 0. The number of ether oxygens (including phenoxy) is 1. The van der Waals surface area contributed by atoms with Gasteiger partial charge in [0.25, 0.3) is 0 Å². The van der Waals surface area contributed by atoms with Gasteiger partial charge < -0.3 is 9.30 Å². The number of nitrogens with zero attached hydrogens (tertiary/aromatic N) is 2. The number of halogens is 1. The Bertz CT molecular complexity index is 1090. The third-order valence-electron chi connectivity index (χ3n) is 4.86. The molecule has 0 aliphatic carbocycles. The summed E-state index contributed by atoms with van der Waals surface area (Å²) in [6.07, 6.45) is 0.708. The van der Waals surface area contributed by atoms with Gasteiger partial charge in [-0.1, -0.05) is 54.9 Å². The van der Waals surface area contributed by atoms with Crippen LogP contribution in [0.15, 0.2) is 72.8 Å². The third-order valence-corrected chi connectivity index (χ3v) is 5.12. The molecule has 3 aromatic carbocycles. The Morgan fingerprint density at radius 2 is 1.79 bits per heavy atom. The van der Waals surface area contributed by atoms with E-state index in [1.807, 2.05) is 30.3 Å². The molecule has 0 N–H and O–H groups in total. The fourth-order valence-electron chi connectivity index (χ4n) is 3.45.